The molecule has 7 nitrogen and oxygen atoms in total. The highest BCUT2D eigenvalue weighted by molar-refractivity contribution is 7.89. The number of amides is 2. The lowest BCUT2D eigenvalue weighted by atomic mass is 10.1. The van der Waals surface area contributed by atoms with Gasteiger partial charge >= 0.3 is 0 Å². The monoisotopic (exact) mass is 463 g/mol. The summed E-state index contributed by atoms with van der Waals surface area (Å²) in [6.45, 7) is 5.35. The Morgan fingerprint density at radius 3 is 2.26 bits per heavy atom. The number of anilines is 1. The van der Waals surface area contributed by atoms with Crippen LogP contribution in [0, 0.1) is 0 Å². The maximum atomic E-state index is 13.0. The van der Waals surface area contributed by atoms with Gasteiger partial charge in [-0.3, -0.25) is 9.59 Å². The van der Waals surface area contributed by atoms with Gasteiger partial charge in [-0.2, -0.15) is 4.31 Å². The van der Waals surface area contributed by atoms with Gasteiger partial charge in [0.05, 0.1) is 4.90 Å². The summed E-state index contributed by atoms with van der Waals surface area (Å²) in [5.74, 6) is -0.461. The second-order valence-corrected chi connectivity index (χ2v) is 9.60. The number of nitrogens with zero attached hydrogens (tertiary/aromatic N) is 2. The molecule has 1 fully saturated rings. The minimum absolute atomic E-state index is 0.0705. The van der Waals surface area contributed by atoms with E-state index < -0.39 is 22.0 Å². The molecule has 1 aliphatic heterocycles. The second-order valence-electron chi connectivity index (χ2n) is 7.27. The van der Waals surface area contributed by atoms with Crippen molar-refractivity contribution >= 4 is 39.1 Å². The van der Waals surface area contributed by atoms with Gasteiger partial charge in [-0.15, -0.1) is 0 Å². The first-order chi connectivity index (χ1) is 14.8. The van der Waals surface area contributed by atoms with Crippen LogP contribution in [0.15, 0.2) is 53.4 Å². The Bertz CT molecular complexity index is 1040. The number of benzene rings is 2. The molecule has 0 bridgehead atoms. The van der Waals surface area contributed by atoms with Gasteiger partial charge in [0.2, 0.25) is 15.9 Å². The van der Waals surface area contributed by atoms with Crippen molar-refractivity contribution in [3.8, 4) is 0 Å². The molecule has 3 rings (SSSR count). The van der Waals surface area contributed by atoms with Crippen LogP contribution in [0.25, 0.3) is 0 Å². The third-order valence-electron chi connectivity index (χ3n) is 5.38. The summed E-state index contributed by atoms with van der Waals surface area (Å²) in [6, 6.07) is 11.7. The summed E-state index contributed by atoms with van der Waals surface area (Å²) in [7, 11) is -3.81. The number of hydrogen-bond donors (Lipinski definition) is 1. The highest BCUT2D eigenvalue weighted by Gasteiger charge is 2.39. The fourth-order valence-electron chi connectivity index (χ4n) is 3.65. The molecule has 0 aliphatic carbocycles. The Morgan fingerprint density at radius 2 is 1.68 bits per heavy atom. The van der Waals surface area contributed by atoms with Crippen LogP contribution in [0.3, 0.4) is 0 Å². The SMILES string of the molecule is CCN(CC)C(=O)c1ccc(NC(=O)[C@@H]2CCCN2S(=O)(=O)c2ccc(Cl)cc2)cc1. The minimum atomic E-state index is -3.81. The quantitative estimate of drug-likeness (QED) is 0.679. The third-order valence-corrected chi connectivity index (χ3v) is 7.55. The van der Waals surface area contributed by atoms with Crippen LogP contribution in [-0.4, -0.2) is 55.1 Å². The molecule has 0 radical (unpaired) electrons. The topological polar surface area (TPSA) is 86.8 Å². The predicted octanol–water partition coefficient (Wildman–Crippen LogP) is 3.61. The molecule has 2 aromatic rings. The van der Waals surface area contributed by atoms with E-state index in [4.69, 9.17) is 11.6 Å². The van der Waals surface area contributed by atoms with Crippen LogP contribution in [0.5, 0.6) is 0 Å². The van der Waals surface area contributed by atoms with Gasteiger partial charge in [-0.1, -0.05) is 11.6 Å². The fraction of sp³-hybridized carbons (Fsp3) is 0.364. The van der Waals surface area contributed by atoms with Crippen LogP contribution in [0.4, 0.5) is 5.69 Å². The van der Waals surface area contributed by atoms with Crippen LogP contribution in [0.2, 0.25) is 5.02 Å². The maximum Gasteiger partial charge on any atom is 0.253 e. The van der Waals surface area contributed by atoms with Crippen molar-refractivity contribution in [2.45, 2.75) is 37.6 Å². The lowest BCUT2D eigenvalue weighted by Gasteiger charge is -2.23. The Balaban J connectivity index is 1.72. The zero-order valence-electron chi connectivity index (χ0n) is 17.5. The van der Waals surface area contributed by atoms with E-state index in [0.717, 1.165) is 0 Å². The third kappa shape index (κ3) is 5.08. The molecule has 0 saturated carbocycles. The Kier molecular flexibility index (Phi) is 7.35. The molecule has 9 heteroatoms. The second kappa shape index (κ2) is 9.80. The summed E-state index contributed by atoms with van der Waals surface area (Å²) < 4.78 is 27.3. The highest BCUT2D eigenvalue weighted by Crippen LogP contribution is 2.28. The molecule has 1 atom stereocenters. The molecule has 0 spiro atoms. The largest absolute Gasteiger partial charge is 0.339 e. The van der Waals surface area contributed by atoms with Crippen molar-refractivity contribution in [2.75, 3.05) is 25.0 Å². The minimum Gasteiger partial charge on any atom is -0.339 e. The Labute approximate surface area is 188 Å². The van der Waals surface area contributed by atoms with Crippen LogP contribution in [-0.2, 0) is 14.8 Å². The zero-order valence-corrected chi connectivity index (χ0v) is 19.1. The van der Waals surface area contributed by atoms with Crippen molar-refractivity contribution in [3.63, 3.8) is 0 Å². The number of carbonyl (C=O) groups is 2. The van der Waals surface area contributed by atoms with Crippen LogP contribution < -0.4 is 5.32 Å². The smallest absolute Gasteiger partial charge is 0.253 e. The lowest BCUT2D eigenvalue weighted by Crippen LogP contribution is -2.43. The summed E-state index contributed by atoms with van der Waals surface area (Å²) >= 11 is 5.86. The fourth-order valence-corrected chi connectivity index (χ4v) is 5.43. The number of halogens is 1. The Morgan fingerprint density at radius 1 is 1.06 bits per heavy atom. The molecule has 2 amide bonds. The van der Waals surface area contributed by atoms with Crippen molar-refractivity contribution in [1.29, 1.82) is 0 Å². The first kappa shape index (κ1) is 23.2. The highest BCUT2D eigenvalue weighted by atomic mass is 35.5. The lowest BCUT2D eigenvalue weighted by molar-refractivity contribution is -0.119. The first-order valence-electron chi connectivity index (χ1n) is 10.3. The normalized spacial score (nSPS) is 16.8. The van der Waals surface area contributed by atoms with E-state index in [1.807, 2.05) is 13.8 Å². The van der Waals surface area contributed by atoms with Crippen molar-refractivity contribution in [1.82, 2.24) is 9.21 Å². The van der Waals surface area contributed by atoms with Crippen molar-refractivity contribution in [3.05, 3.63) is 59.1 Å². The molecule has 1 heterocycles. The summed E-state index contributed by atoms with van der Waals surface area (Å²) in [6.07, 6.45) is 1.04. The molecule has 0 unspecified atom stereocenters. The summed E-state index contributed by atoms with van der Waals surface area (Å²) in [5.41, 5.74) is 1.05. The van der Waals surface area contributed by atoms with Crippen molar-refractivity contribution in [2.24, 2.45) is 0 Å². The molecular formula is C22H26ClN3O4S. The van der Waals surface area contributed by atoms with Gasteiger partial charge in [0, 0.05) is 35.9 Å². The molecule has 1 aliphatic rings. The van der Waals surface area contributed by atoms with E-state index >= 15 is 0 Å². The van der Waals surface area contributed by atoms with E-state index in [-0.39, 0.29) is 17.3 Å². The molecule has 1 saturated heterocycles. The van der Waals surface area contributed by atoms with Crippen molar-refractivity contribution < 1.29 is 18.0 Å². The number of rotatable bonds is 7. The number of hydrogen-bond acceptors (Lipinski definition) is 4. The van der Waals surface area contributed by atoms with Gasteiger partial charge in [0.25, 0.3) is 5.91 Å². The summed E-state index contributed by atoms with van der Waals surface area (Å²) in [4.78, 5) is 27.1. The van der Waals surface area contributed by atoms with E-state index in [1.54, 1.807) is 29.2 Å². The standard InChI is InChI=1S/C22H26ClN3O4S/c1-3-25(4-2)22(28)16-7-11-18(12-8-16)24-21(27)20-6-5-15-26(20)31(29,30)19-13-9-17(23)10-14-19/h7-14,20H,3-6,15H2,1-2H3,(H,24,27)/t20-/m0/s1. The number of nitrogens with one attached hydrogen (secondary N) is 1. The molecule has 166 valence electrons. The average Bonchev–Trinajstić information content (AvgIpc) is 3.26. The summed E-state index contributed by atoms with van der Waals surface area (Å²) in [5, 5.41) is 3.22. The van der Waals surface area contributed by atoms with E-state index in [0.29, 0.717) is 42.2 Å². The predicted molar refractivity (Wildman–Crippen MR) is 121 cm³/mol. The van der Waals surface area contributed by atoms with Gasteiger partial charge in [-0.05, 0) is 75.2 Å². The van der Waals surface area contributed by atoms with E-state index in [9.17, 15) is 18.0 Å². The first-order valence-corrected chi connectivity index (χ1v) is 12.1. The zero-order chi connectivity index (χ0) is 22.6. The average molecular weight is 464 g/mol. The van der Waals surface area contributed by atoms with Crippen LogP contribution >= 0.6 is 11.6 Å². The number of sulfonamides is 1. The maximum absolute atomic E-state index is 13.0. The van der Waals surface area contributed by atoms with Gasteiger partial charge in [0.1, 0.15) is 6.04 Å². The van der Waals surface area contributed by atoms with E-state index in [2.05, 4.69) is 5.32 Å². The Hall–Kier alpha value is -2.42. The van der Waals surface area contributed by atoms with Gasteiger partial charge in [0.15, 0.2) is 0 Å². The number of carbonyl (C=O) groups excluding carboxylic acids is 2. The van der Waals surface area contributed by atoms with E-state index in [1.165, 1.54) is 28.6 Å². The van der Waals surface area contributed by atoms with Crippen LogP contribution in [0.1, 0.15) is 37.0 Å². The molecule has 0 aromatic heterocycles. The molecule has 2 aromatic carbocycles. The van der Waals surface area contributed by atoms with Gasteiger partial charge in [-0.25, -0.2) is 8.42 Å². The molecule has 31 heavy (non-hydrogen) atoms. The molecular weight excluding hydrogens is 438 g/mol. The van der Waals surface area contributed by atoms with Gasteiger partial charge < -0.3 is 10.2 Å². The molecule has 1 N–H and O–H groups in total.